The highest BCUT2D eigenvalue weighted by atomic mass is 35.5. The Labute approximate surface area is 124 Å². The van der Waals surface area contributed by atoms with Gasteiger partial charge in [-0.05, 0) is 42.3 Å². The maximum Gasteiger partial charge on any atom is 0.0604 e. The van der Waals surface area contributed by atoms with Gasteiger partial charge >= 0.3 is 0 Å². The standard InChI is InChI=1S/C17H17ClN2/c1-2-16(11-8-14-6-4-3-5-7-14)19-20-17-12-9-15(18)10-13-17/h3-13,20H,2H2,1H3/b11-8+,19-16-. The van der Waals surface area contributed by atoms with Crippen molar-refractivity contribution in [3.8, 4) is 0 Å². The van der Waals surface area contributed by atoms with E-state index in [2.05, 4.69) is 35.7 Å². The summed E-state index contributed by atoms with van der Waals surface area (Å²) in [5, 5.41) is 5.12. The largest absolute Gasteiger partial charge is 0.278 e. The van der Waals surface area contributed by atoms with Crippen molar-refractivity contribution in [1.82, 2.24) is 0 Å². The second-order valence-corrected chi connectivity index (χ2v) is 4.76. The van der Waals surface area contributed by atoms with Crippen LogP contribution in [-0.2, 0) is 0 Å². The Balaban J connectivity index is 2.02. The summed E-state index contributed by atoms with van der Waals surface area (Å²) in [5.41, 5.74) is 6.12. The summed E-state index contributed by atoms with van der Waals surface area (Å²) >= 11 is 5.84. The van der Waals surface area contributed by atoms with Gasteiger partial charge in [-0.3, -0.25) is 5.43 Å². The van der Waals surface area contributed by atoms with Crippen LogP contribution >= 0.6 is 11.6 Å². The van der Waals surface area contributed by atoms with Crippen molar-refractivity contribution in [3.63, 3.8) is 0 Å². The molecule has 1 N–H and O–H groups in total. The first-order chi connectivity index (χ1) is 9.78. The molecule has 0 unspecified atom stereocenters. The van der Waals surface area contributed by atoms with Crippen molar-refractivity contribution in [2.24, 2.45) is 5.10 Å². The van der Waals surface area contributed by atoms with Crippen LogP contribution in [-0.4, -0.2) is 5.71 Å². The van der Waals surface area contributed by atoms with Gasteiger partial charge in [0.15, 0.2) is 0 Å². The van der Waals surface area contributed by atoms with E-state index in [1.54, 1.807) is 0 Å². The van der Waals surface area contributed by atoms with E-state index in [0.717, 1.165) is 22.8 Å². The minimum Gasteiger partial charge on any atom is -0.278 e. The average molecular weight is 285 g/mol. The topological polar surface area (TPSA) is 24.4 Å². The number of benzene rings is 2. The molecular formula is C17H17ClN2. The molecule has 0 spiro atoms. The third-order valence-electron chi connectivity index (χ3n) is 2.80. The van der Waals surface area contributed by atoms with Gasteiger partial charge in [-0.25, -0.2) is 0 Å². The molecule has 20 heavy (non-hydrogen) atoms. The number of halogens is 1. The lowest BCUT2D eigenvalue weighted by atomic mass is 10.2. The Bertz CT molecular complexity index is 586. The summed E-state index contributed by atoms with van der Waals surface area (Å²) in [7, 11) is 0. The smallest absolute Gasteiger partial charge is 0.0604 e. The molecule has 0 saturated heterocycles. The zero-order valence-electron chi connectivity index (χ0n) is 11.4. The first-order valence-corrected chi connectivity index (χ1v) is 6.97. The van der Waals surface area contributed by atoms with Crippen LogP contribution in [0.5, 0.6) is 0 Å². The van der Waals surface area contributed by atoms with E-state index in [1.807, 2.05) is 48.5 Å². The highest BCUT2D eigenvalue weighted by Gasteiger charge is 1.93. The summed E-state index contributed by atoms with van der Waals surface area (Å²) in [6.45, 7) is 2.08. The van der Waals surface area contributed by atoms with Gasteiger partial charge in [0.05, 0.1) is 11.4 Å². The fraction of sp³-hybridized carbons (Fsp3) is 0.118. The van der Waals surface area contributed by atoms with Gasteiger partial charge < -0.3 is 0 Å². The van der Waals surface area contributed by atoms with Gasteiger partial charge in [0.25, 0.3) is 0 Å². The molecule has 2 aromatic carbocycles. The van der Waals surface area contributed by atoms with Gasteiger partial charge in [0, 0.05) is 5.02 Å². The maximum absolute atomic E-state index is 5.84. The molecule has 0 aromatic heterocycles. The second kappa shape index (κ2) is 7.51. The van der Waals surface area contributed by atoms with Crippen LogP contribution in [0.2, 0.25) is 5.02 Å². The molecule has 0 aliphatic heterocycles. The van der Waals surface area contributed by atoms with Gasteiger partial charge in [-0.2, -0.15) is 5.10 Å². The first kappa shape index (κ1) is 14.4. The molecule has 102 valence electrons. The quantitative estimate of drug-likeness (QED) is 0.590. The minimum absolute atomic E-state index is 0.721. The van der Waals surface area contributed by atoms with Crippen LogP contribution < -0.4 is 5.43 Å². The van der Waals surface area contributed by atoms with E-state index >= 15 is 0 Å². The lowest BCUT2D eigenvalue weighted by Crippen LogP contribution is -1.97. The van der Waals surface area contributed by atoms with Crippen molar-refractivity contribution in [3.05, 3.63) is 71.3 Å². The number of nitrogens with zero attached hydrogens (tertiary/aromatic N) is 1. The number of hydrogen-bond acceptors (Lipinski definition) is 2. The van der Waals surface area contributed by atoms with Gasteiger partial charge in [-0.15, -0.1) is 0 Å². The van der Waals surface area contributed by atoms with Crippen molar-refractivity contribution in [1.29, 1.82) is 0 Å². The molecule has 2 aromatic rings. The van der Waals surface area contributed by atoms with E-state index in [-0.39, 0.29) is 0 Å². The lowest BCUT2D eigenvalue weighted by molar-refractivity contribution is 1.23. The van der Waals surface area contributed by atoms with Crippen LogP contribution in [0.3, 0.4) is 0 Å². The third-order valence-corrected chi connectivity index (χ3v) is 3.05. The molecule has 0 atom stereocenters. The second-order valence-electron chi connectivity index (χ2n) is 4.32. The van der Waals surface area contributed by atoms with E-state index in [1.165, 1.54) is 5.56 Å². The Morgan fingerprint density at radius 1 is 1.10 bits per heavy atom. The predicted octanol–water partition coefficient (Wildman–Crippen LogP) is 5.23. The van der Waals surface area contributed by atoms with Gasteiger partial charge in [0.2, 0.25) is 0 Å². The molecule has 0 saturated carbocycles. The number of allylic oxidation sites excluding steroid dienone is 1. The van der Waals surface area contributed by atoms with Crippen molar-refractivity contribution < 1.29 is 0 Å². The van der Waals surface area contributed by atoms with Crippen LogP contribution in [0.4, 0.5) is 5.69 Å². The minimum atomic E-state index is 0.721. The fourth-order valence-corrected chi connectivity index (χ4v) is 1.78. The first-order valence-electron chi connectivity index (χ1n) is 6.59. The highest BCUT2D eigenvalue weighted by Crippen LogP contribution is 2.13. The molecule has 0 radical (unpaired) electrons. The Morgan fingerprint density at radius 3 is 2.45 bits per heavy atom. The van der Waals surface area contributed by atoms with Crippen LogP contribution in [0.15, 0.2) is 65.8 Å². The third kappa shape index (κ3) is 4.56. The summed E-state index contributed by atoms with van der Waals surface area (Å²) in [6, 6.07) is 17.7. The molecule has 0 amide bonds. The molecule has 2 nitrogen and oxygen atoms in total. The zero-order chi connectivity index (χ0) is 14.2. The van der Waals surface area contributed by atoms with E-state index in [0.29, 0.717) is 0 Å². The van der Waals surface area contributed by atoms with Gasteiger partial charge in [0.1, 0.15) is 0 Å². The van der Waals surface area contributed by atoms with E-state index < -0.39 is 0 Å². The van der Waals surface area contributed by atoms with Crippen LogP contribution in [0.25, 0.3) is 6.08 Å². The van der Waals surface area contributed by atoms with Crippen molar-refractivity contribution in [2.45, 2.75) is 13.3 Å². The number of nitrogens with one attached hydrogen (secondary N) is 1. The molecular weight excluding hydrogens is 268 g/mol. The SMILES string of the molecule is CCC(/C=C/c1ccccc1)=N/Nc1ccc(Cl)cc1. The van der Waals surface area contributed by atoms with Gasteiger partial charge in [-0.1, -0.05) is 54.9 Å². The molecule has 3 heteroatoms. The molecule has 0 fully saturated rings. The Morgan fingerprint density at radius 2 is 1.80 bits per heavy atom. The summed E-state index contributed by atoms with van der Waals surface area (Å²) in [5.74, 6) is 0. The Hall–Kier alpha value is -2.06. The Kier molecular flexibility index (Phi) is 5.39. The molecule has 0 bridgehead atoms. The fourth-order valence-electron chi connectivity index (χ4n) is 1.65. The predicted molar refractivity (Wildman–Crippen MR) is 88.3 cm³/mol. The highest BCUT2D eigenvalue weighted by molar-refractivity contribution is 6.30. The number of hydrogen-bond donors (Lipinski definition) is 1. The van der Waals surface area contributed by atoms with Crippen molar-refractivity contribution in [2.75, 3.05) is 5.43 Å². The summed E-state index contributed by atoms with van der Waals surface area (Å²) < 4.78 is 0. The van der Waals surface area contributed by atoms with Crippen molar-refractivity contribution >= 4 is 29.1 Å². The summed E-state index contributed by atoms with van der Waals surface area (Å²) in [4.78, 5) is 0. The lowest BCUT2D eigenvalue weighted by Gasteiger charge is -2.02. The molecule has 0 heterocycles. The number of rotatable bonds is 5. The normalized spacial score (nSPS) is 11.8. The monoisotopic (exact) mass is 284 g/mol. The van der Waals surface area contributed by atoms with E-state index in [9.17, 15) is 0 Å². The van der Waals surface area contributed by atoms with Crippen LogP contribution in [0, 0.1) is 0 Å². The molecule has 0 aliphatic carbocycles. The zero-order valence-corrected chi connectivity index (χ0v) is 12.1. The number of anilines is 1. The molecule has 0 aliphatic rings. The molecule has 2 rings (SSSR count). The van der Waals surface area contributed by atoms with E-state index in [4.69, 9.17) is 11.6 Å². The number of hydrazone groups is 1. The summed E-state index contributed by atoms with van der Waals surface area (Å²) in [6.07, 6.45) is 4.95. The average Bonchev–Trinajstić information content (AvgIpc) is 2.50. The maximum atomic E-state index is 5.84. The van der Waals surface area contributed by atoms with Crippen LogP contribution in [0.1, 0.15) is 18.9 Å².